The van der Waals surface area contributed by atoms with E-state index in [4.69, 9.17) is 11.6 Å². The van der Waals surface area contributed by atoms with Crippen molar-refractivity contribution >= 4 is 27.5 Å². The van der Waals surface area contributed by atoms with E-state index in [9.17, 15) is 18.0 Å². The van der Waals surface area contributed by atoms with Gasteiger partial charge < -0.3 is 10.3 Å². The molecule has 0 spiro atoms. The molecule has 0 aromatic carbocycles. The Balaban J connectivity index is 2.73. The normalized spacial score (nSPS) is 11.3. The number of hydrogen-bond acceptors (Lipinski definition) is 4. The maximum absolute atomic E-state index is 11.8. The lowest BCUT2D eigenvalue weighted by molar-refractivity contribution is -0.119. The molecular formula is C10H14ClN3O4S. The number of sulfonamides is 1. The first-order valence-corrected chi connectivity index (χ1v) is 7.37. The Kier molecular flexibility index (Phi) is 5.52. The van der Waals surface area contributed by atoms with Gasteiger partial charge in [-0.3, -0.25) is 9.59 Å². The summed E-state index contributed by atoms with van der Waals surface area (Å²) in [7, 11) is -3.89. The minimum Gasteiger partial charge on any atom is -0.355 e. The number of rotatable bonds is 6. The molecule has 19 heavy (non-hydrogen) atoms. The Hall–Kier alpha value is -1.38. The van der Waals surface area contributed by atoms with E-state index < -0.39 is 21.5 Å². The molecular weight excluding hydrogens is 294 g/mol. The van der Waals surface area contributed by atoms with Crippen LogP contribution in [0.25, 0.3) is 0 Å². The zero-order valence-electron chi connectivity index (χ0n) is 10.2. The predicted octanol–water partition coefficient (Wildman–Crippen LogP) is -0.167. The zero-order valence-corrected chi connectivity index (χ0v) is 11.8. The minimum absolute atomic E-state index is 0.208. The van der Waals surface area contributed by atoms with Crippen LogP contribution in [0.4, 0.5) is 0 Å². The molecule has 1 rings (SSSR count). The molecule has 0 saturated carbocycles. The first-order valence-electron chi connectivity index (χ1n) is 5.51. The maximum atomic E-state index is 11.8. The molecule has 1 heterocycles. The fraction of sp³-hybridized carbons (Fsp3) is 0.400. The van der Waals surface area contributed by atoms with Crippen molar-refractivity contribution in [2.75, 3.05) is 13.1 Å². The lowest BCUT2D eigenvalue weighted by atomic mass is 10.5. The highest BCUT2D eigenvalue weighted by Gasteiger charge is 2.16. The van der Waals surface area contributed by atoms with Crippen LogP contribution in [-0.2, 0) is 14.8 Å². The van der Waals surface area contributed by atoms with E-state index in [1.807, 2.05) is 6.92 Å². The SMILES string of the molecule is CCCNC(=O)CNS(=O)(=O)c1c[nH]c(=O)c(Cl)c1. The van der Waals surface area contributed by atoms with Gasteiger partial charge in [-0.1, -0.05) is 18.5 Å². The van der Waals surface area contributed by atoms with E-state index in [1.165, 1.54) is 0 Å². The highest BCUT2D eigenvalue weighted by molar-refractivity contribution is 7.89. The van der Waals surface area contributed by atoms with Crippen LogP contribution in [0.2, 0.25) is 5.02 Å². The molecule has 106 valence electrons. The molecule has 0 aliphatic heterocycles. The monoisotopic (exact) mass is 307 g/mol. The molecule has 0 fully saturated rings. The summed E-state index contributed by atoms with van der Waals surface area (Å²) in [5, 5.41) is 2.29. The van der Waals surface area contributed by atoms with Gasteiger partial charge in [0.2, 0.25) is 15.9 Å². The molecule has 7 nitrogen and oxygen atoms in total. The van der Waals surface area contributed by atoms with Crippen molar-refractivity contribution in [3.63, 3.8) is 0 Å². The Morgan fingerprint density at radius 1 is 1.47 bits per heavy atom. The molecule has 1 aromatic heterocycles. The average molecular weight is 308 g/mol. The molecule has 3 N–H and O–H groups in total. The first-order chi connectivity index (χ1) is 8.86. The van der Waals surface area contributed by atoms with Gasteiger partial charge in [-0.05, 0) is 12.5 Å². The lowest BCUT2D eigenvalue weighted by Crippen LogP contribution is -2.37. The van der Waals surface area contributed by atoms with Gasteiger partial charge in [-0.15, -0.1) is 0 Å². The fourth-order valence-electron chi connectivity index (χ4n) is 1.16. The minimum atomic E-state index is -3.89. The number of pyridine rings is 1. The smallest absolute Gasteiger partial charge is 0.266 e. The van der Waals surface area contributed by atoms with Crippen LogP contribution in [0, 0.1) is 0 Å². The molecule has 1 aromatic rings. The van der Waals surface area contributed by atoms with E-state index >= 15 is 0 Å². The van der Waals surface area contributed by atoms with Crippen LogP contribution in [-0.4, -0.2) is 32.4 Å². The van der Waals surface area contributed by atoms with Crippen LogP contribution >= 0.6 is 11.6 Å². The van der Waals surface area contributed by atoms with Gasteiger partial charge in [0, 0.05) is 12.7 Å². The second-order valence-electron chi connectivity index (χ2n) is 3.69. The Labute approximate surface area is 115 Å². The summed E-state index contributed by atoms with van der Waals surface area (Å²) >= 11 is 5.54. The van der Waals surface area contributed by atoms with E-state index in [2.05, 4.69) is 15.0 Å². The fourth-order valence-corrected chi connectivity index (χ4v) is 2.38. The lowest BCUT2D eigenvalue weighted by Gasteiger charge is -2.07. The third kappa shape index (κ3) is 4.66. The Bertz CT molecular complexity index is 611. The summed E-state index contributed by atoms with van der Waals surface area (Å²) in [4.78, 5) is 24.3. The first kappa shape index (κ1) is 15.7. The van der Waals surface area contributed by atoms with Gasteiger partial charge in [-0.25, -0.2) is 13.1 Å². The third-order valence-corrected chi connectivity index (χ3v) is 3.80. The van der Waals surface area contributed by atoms with Crippen molar-refractivity contribution in [3.05, 3.63) is 27.6 Å². The summed E-state index contributed by atoms with van der Waals surface area (Å²) in [6.07, 6.45) is 1.77. The van der Waals surface area contributed by atoms with Crippen LogP contribution in [0.1, 0.15) is 13.3 Å². The predicted molar refractivity (Wildman–Crippen MR) is 70.6 cm³/mol. The van der Waals surface area contributed by atoms with Crippen LogP contribution in [0.5, 0.6) is 0 Å². The number of carbonyl (C=O) groups is 1. The van der Waals surface area contributed by atoms with Crippen molar-refractivity contribution in [2.24, 2.45) is 0 Å². The molecule has 0 radical (unpaired) electrons. The summed E-state index contributed by atoms with van der Waals surface area (Å²) < 4.78 is 25.7. The molecule has 0 saturated heterocycles. The third-order valence-electron chi connectivity index (χ3n) is 2.14. The van der Waals surface area contributed by atoms with Crippen LogP contribution in [0.3, 0.4) is 0 Å². The largest absolute Gasteiger partial charge is 0.355 e. The maximum Gasteiger partial charge on any atom is 0.266 e. The van der Waals surface area contributed by atoms with Crippen molar-refractivity contribution in [1.29, 1.82) is 0 Å². The van der Waals surface area contributed by atoms with Gasteiger partial charge in [0.25, 0.3) is 5.56 Å². The average Bonchev–Trinajstić information content (AvgIpc) is 2.37. The number of nitrogens with one attached hydrogen (secondary N) is 3. The number of carbonyl (C=O) groups excluding carboxylic acids is 1. The van der Waals surface area contributed by atoms with Crippen molar-refractivity contribution in [3.8, 4) is 0 Å². The number of aromatic amines is 1. The van der Waals surface area contributed by atoms with Crippen molar-refractivity contribution < 1.29 is 13.2 Å². The summed E-state index contributed by atoms with van der Waals surface area (Å²) in [5.41, 5.74) is -0.582. The van der Waals surface area contributed by atoms with E-state index in [1.54, 1.807) is 0 Å². The van der Waals surface area contributed by atoms with Gasteiger partial charge in [0.05, 0.1) is 11.4 Å². The highest BCUT2D eigenvalue weighted by atomic mass is 35.5. The van der Waals surface area contributed by atoms with Gasteiger partial charge in [0.1, 0.15) is 5.02 Å². The zero-order chi connectivity index (χ0) is 14.5. The molecule has 0 aliphatic rings. The van der Waals surface area contributed by atoms with Gasteiger partial charge >= 0.3 is 0 Å². The number of hydrogen-bond donors (Lipinski definition) is 3. The highest BCUT2D eigenvalue weighted by Crippen LogP contribution is 2.09. The number of aromatic nitrogens is 1. The van der Waals surface area contributed by atoms with E-state index in [-0.39, 0.29) is 16.5 Å². The Morgan fingerprint density at radius 2 is 2.16 bits per heavy atom. The Morgan fingerprint density at radius 3 is 2.74 bits per heavy atom. The molecule has 1 amide bonds. The van der Waals surface area contributed by atoms with Crippen molar-refractivity contribution in [1.82, 2.24) is 15.0 Å². The summed E-state index contributed by atoms with van der Waals surface area (Å²) in [5.74, 6) is -0.430. The molecule has 0 unspecified atom stereocenters. The van der Waals surface area contributed by atoms with Crippen LogP contribution < -0.4 is 15.6 Å². The summed E-state index contributed by atoms with van der Waals surface area (Å²) in [6, 6.07) is 1.02. The molecule has 9 heteroatoms. The quantitative estimate of drug-likeness (QED) is 0.678. The summed E-state index contributed by atoms with van der Waals surface area (Å²) in [6.45, 7) is 1.98. The standard InChI is InChI=1S/C10H14ClN3O4S/c1-2-3-12-9(15)6-14-19(17,18)7-4-8(11)10(16)13-5-7/h4-5,14H,2-3,6H2,1H3,(H,12,15)(H,13,16). The number of amides is 1. The second-order valence-corrected chi connectivity index (χ2v) is 5.86. The van der Waals surface area contributed by atoms with E-state index in [0.717, 1.165) is 18.7 Å². The second kappa shape index (κ2) is 6.69. The molecule has 0 aliphatic carbocycles. The van der Waals surface area contributed by atoms with Crippen LogP contribution in [0.15, 0.2) is 22.0 Å². The van der Waals surface area contributed by atoms with Gasteiger partial charge in [0.15, 0.2) is 0 Å². The van der Waals surface area contributed by atoms with Crippen molar-refractivity contribution in [2.45, 2.75) is 18.2 Å². The molecule has 0 bridgehead atoms. The topological polar surface area (TPSA) is 108 Å². The molecule has 0 atom stereocenters. The number of H-pyrrole nitrogens is 1. The van der Waals surface area contributed by atoms with Gasteiger partial charge in [-0.2, -0.15) is 0 Å². The number of halogens is 1. The van der Waals surface area contributed by atoms with E-state index in [0.29, 0.717) is 6.54 Å².